The molecule has 0 bridgehead atoms. The molecule has 2 aromatic heterocycles. The summed E-state index contributed by atoms with van der Waals surface area (Å²) < 4.78 is 6.86. The van der Waals surface area contributed by atoms with Crippen molar-refractivity contribution >= 4 is 44.9 Å². The van der Waals surface area contributed by atoms with Crippen molar-refractivity contribution in [2.24, 2.45) is 0 Å². The number of unbranched alkanes of at least 4 members (excludes halogenated alkanes) is 2. The fourth-order valence-corrected chi connectivity index (χ4v) is 4.40. The number of carbonyl (C=O) groups is 2. The highest BCUT2D eigenvalue weighted by molar-refractivity contribution is 7.17. The number of non-ortho nitro benzene ring substituents is 1. The minimum Gasteiger partial charge on any atom is -0.462 e. The summed E-state index contributed by atoms with van der Waals surface area (Å²) in [4.78, 5) is 42.6. The number of nitrogens with zero attached hydrogens (tertiary/aromatic N) is 4. The second-order valence-electron chi connectivity index (χ2n) is 7.33. The van der Waals surface area contributed by atoms with Gasteiger partial charge in [-0.1, -0.05) is 31.1 Å². The van der Waals surface area contributed by atoms with E-state index in [4.69, 9.17) is 4.74 Å². The van der Waals surface area contributed by atoms with E-state index in [9.17, 15) is 19.7 Å². The molecule has 0 aliphatic rings. The standard InChI is InChI=1S/C22H26N4O5S/c1-4-6-7-11-25(22-23-15(3)20(32-22)21(28)31-5-2)19(27)14-24-12-10-16-13-17(26(29)30)8-9-18(16)24/h8-10,12-13H,4-7,11,14H2,1-3H3. The molecular weight excluding hydrogens is 432 g/mol. The quantitative estimate of drug-likeness (QED) is 0.188. The number of aromatic nitrogens is 2. The first kappa shape index (κ1) is 23.4. The molecule has 3 rings (SSSR count). The largest absolute Gasteiger partial charge is 0.462 e. The minimum atomic E-state index is -0.441. The number of esters is 1. The van der Waals surface area contributed by atoms with Gasteiger partial charge >= 0.3 is 5.97 Å². The summed E-state index contributed by atoms with van der Waals surface area (Å²) in [5.41, 5.74) is 1.28. The lowest BCUT2D eigenvalue weighted by molar-refractivity contribution is -0.384. The molecule has 0 atom stereocenters. The van der Waals surface area contributed by atoms with E-state index in [0.29, 0.717) is 27.6 Å². The number of amides is 1. The summed E-state index contributed by atoms with van der Waals surface area (Å²) in [6, 6.07) is 6.32. The minimum absolute atomic E-state index is 0.00697. The monoisotopic (exact) mass is 458 g/mol. The third-order valence-electron chi connectivity index (χ3n) is 5.03. The Morgan fingerprint density at radius 2 is 2.03 bits per heavy atom. The first-order valence-electron chi connectivity index (χ1n) is 10.5. The molecule has 0 aliphatic carbocycles. The summed E-state index contributed by atoms with van der Waals surface area (Å²) in [6.07, 6.45) is 4.53. The van der Waals surface area contributed by atoms with E-state index in [0.717, 1.165) is 36.1 Å². The fraction of sp³-hybridized carbons (Fsp3) is 0.409. The van der Waals surface area contributed by atoms with Crippen molar-refractivity contribution in [2.75, 3.05) is 18.1 Å². The SMILES string of the molecule is CCCCCN(C(=O)Cn1ccc2cc([N+](=O)[O-])ccc21)c1nc(C)c(C(=O)OCC)s1. The lowest BCUT2D eigenvalue weighted by atomic mass is 10.2. The molecule has 0 N–H and O–H groups in total. The maximum Gasteiger partial charge on any atom is 0.350 e. The molecule has 1 aromatic carbocycles. The molecule has 0 saturated carbocycles. The molecule has 3 aromatic rings. The zero-order valence-corrected chi connectivity index (χ0v) is 19.2. The third kappa shape index (κ3) is 5.13. The zero-order valence-electron chi connectivity index (χ0n) is 18.4. The predicted octanol–water partition coefficient (Wildman–Crippen LogP) is 4.71. The molecule has 0 aliphatic heterocycles. The van der Waals surface area contributed by atoms with Crippen LogP contribution in [0.2, 0.25) is 0 Å². The number of nitro groups is 1. The Morgan fingerprint density at radius 1 is 1.25 bits per heavy atom. The van der Waals surface area contributed by atoms with E-state index in [1.807, 2.05) is 0 Å². The number of nitro benzene ring substituents is 1. The summed E-state index contributed by atoms with van der Waals surface area (Å²) in [6.45, 7) is 6.37. The molecule has 32 heavy (non-hydrogen) atoms. The van der Waals surface area contributed by atoms with Crippen molar-refractivity contribution in [3.05, 3.63) is 51.1 Å². The highest BCUT2D eigenvalue weighted by Gasteiger charge is 2.24. The van der Waals surface area contributed by atoms with Gasteiger partial charge in [0.1, 0.15) is 11.4 Å². The van der Waals surface area contributed by atoms with Crippen LogP contribution in [0.25, 0.3) is 10.9 Å². The Morgan fingerprint density at radius 3 is 2.72 bits per heavy atom. The Hall–Kier alpha value is -3.27. The van der Waals surface area contributed by atoms with Crippen LogP contribution in [0.1, 0.15) is 48.5 Å². The van der Waals surface area contributed by atoms with Gasteiger partial charge in [-0.3, -0.25) is 19.8 Å². The van der Waals surface area contributed by atoms with Crippen molar-refractivity contribution in [3.63, 3.8) is 0 Å². The van der Waals surface area contributed by atoms with E-state index in [-0.39, 0.29) is 24.7 Å². The Labute approximate surface area is 189 Å². The highest BCUT2D eigenvalue weighted by Crippen LogP contribution is 2.28. The molecule has 0 spiro atoms. The number of anilines is 1. The average Bonchev–Trinajstić information content (AvgIpc) is 3.34. The first-order valence-corrected chi connectivity index (χ1v) is 11.4. The van der Waals surface area contributed by atoms with Gasteiger partial charge in [0.05, 0.1) is 17.2 Å². The average molecular weight is 459 g/mol. The maximum atomic E-state index is 13.3. The molecule has 0 saturated heterocycles. The van der Waals surface area contributed by atoms with Gasteiger partial charge in [-0.05, 0) is 32.4 Å². The zero-order chi connectivity index (χ0) is 23.3. The van der Waals surface area contributed by atoms with Gasteiger partial charge in [0.15, 0.2) is 5.13 Å². The first-order chi connectivity index (χ1) is 15.3. The molecule has 0 radical (unpaired) electrons. The van der Waals surface area contributed by atoms with E-state index in [1.54, 1.807) is 41.6 Å². The fourth-order valence-electron chi connectivity index (χ4n) is 3.40. The number of ether oxygens (including phenoxy) is 1. The van der Waals surface area contributed by atoms with Crippen LogP contribution in [0.4, 0.5) is 10.8 Å². The second kappa shape index (κ2) is 10.4. The van der Waals surface area contributed by atoms with Gasteiger partial charge in [-0.25, -0.2) is 9.78 Å². The van der Waals surface area contributed by atoms with E-state index >= 15 is 0 Å². The Bertz CT molecular complexity index is 1140. The summed E-state index contributed by atoms with van der Waals surface area (Å²) in [5.74, 6) is -0.603. The molecule has 2 heterocycles. The van der Waals surface area contributed by atoms with E-state index in [2.05, 4.69) is 11.9 Å². The van der Waals surface area contributed by atoms with Crippen LogP contribution in [0, 0.1) is 17.0 Å². The second-order valence-corrected chi connectivity index (χ2v) is 8.31. The summed E-state index contributed by atoms with van der Waals surface area (Å²) in [7, 11) is 0. The van der Waals surface area contributed by atoms with Crippen molar-refractivity contribution in [3.8, 4) is 0 Å². The van der Waals surface area contributed by atoms with E-state index in [1.165, 1.54) is 12.1 Å². The predicted molar refractivity (Wildman–Crippen MR) is 123 cm³/mol. The van der Waals surface area contributed by atoms with E-state index < -0.39 is 10.9 Å². The number of fused-ring (bicyclic) bond motifs is 1. The van der Waals surface area contributed by atoms with Gasteiger partial charge in [-0.15, -0.1) is 0 Å². The summed E-state index contributed by atoms with van der Waals surface area (Å²) >= 11 is 1.16. The number of rotatable bonds is 10. The molecule has 9 nitrogen and oxygen atoms in total. The molecule has 170 valence electrons. The van der Waals surface area contributed by atoms with Crippen LogP contribution < -0.4 is 4.90 Å². The van der Waals surface area contributed by atoms with Gasteiger partial charge in [0, 0.05) is 35.8 Å². The van der Waals surface area contributed by atoms with Crippen LogP contribution in [0.5, 0.6) is 0 Å². The Kier molecular flexibility index (Phi) is 7.57. The molecule has 10 heteroatoms. The van der Waals surface area contributed by atoms with Crippen molar-refractivity contribution < 1.29 is 19.2 Å². The number of thiazole rings is 1. The van der Waals surface area contributed by atoms with Crippen LogP contribution in [0.3, 0.4) is 0 Å². The number of carbonyl (C=O) groups excluding carboxylic acids is 2. The normalized spacial score (nSPS) is 11.0. The van der Waals surface area contributed by atoms with Crippen LogP contribution in [-0.4, -0.2) is 39.5 Å². The molecule has 0 unspecified atom stereocenters. The number of benzene rings is 1. The van der Waals surface area contributed by atoms with Crippen LogP contribution >= 0.6 is 11.3 Å². The maximum absolute atomic E-state index is 13.3. The van der Waals surface area contributed by atoms with Crippen LogP contribution in [0.15, 0.2) is 30.5 Å². The lowest BCUT2D eigenvalue weighted by Crippen LogP contribution is -2.34. The van der Waals surface area contributed by atoms with Crippen LogP contribution in [-0.2, 0) is 16.1 Å². The lowest BCUT2D eigenvalue weighted by Gasteiger charge is -2.20. The van der Waals surface area contributed by atoms with Gasteiger partial charge < -0.3 is 9.30 Å². The number of hydrogen-bond acceptors (Lipinski definition) is 7. The summed E-state index contributed by atoms with van der Waals surface area (Å²) in [5, 5.41) is 12.2. The highest BCUT2D eigenvalue weighted by atomic mass is 32.1. The van der Waals surface area contributed by atoms with Gasteiger partial charge in [0.2, 0.25) is 5.91 Å². The Balaban J connectivity index is 1.87. The molecular formula is C22H26N4O5S. The smallest absolute Gasteiger partial charge is 0.350 e. The number of hydrogen-bond donors (Lipinski definition) is 0. The van der Waals surface area contributed by atoms with Crippen molar-refractivity contribution in [1.82, 2.24) is 9.55 Å². The molecule has 0 fully saturated rings. The number of aryl methyl sites for hydroxylation is 1. The van der Waals surface area contributed by atoms with Crippen molar-refractivity contribution in [2.45, 2.75) is 46.6 Å². The molecule has 1 amide bonds. The van der Waals surface area contributed by atoms with Gasteiger partial charge in [0.25, 0.3) is 5.69 Å². The van der Waals surface area contributed by atoms with Gasteiger partial charge in [-0.2, -0.15) is 0 Å². The third-order valence-corrected chi connectivity index (χ3v) is 6.19. The topological polar surface area (TPSA) is 108 Å². The van der Waals surface area contributed by atoms with Crippen molar-refractivity contribution in [1.29, 1.82) is 0 Å².